The Labute approximate surface area is 140 Å². The first kappa shape index (κ1) is 15.7. The molecule has 23 heavy (non-hydrogen) atoms. The summed E-state index contributed by atoms with van der Waals surface area (Å²) in [6.07, 6.45) is -0.651. The molecule has 120 valence electrons. The lowest BCUT2D eigenvalue weighted by Crippen LogP contribution is -2.40. The Morgan fingerprint density at radius 1 is 1.13 bits per heavy atom. The van der Waals surface area contributed by atoms with E-state index in [1.54, 1.807) is 17.8 Å². The normalized spacial score (nSPS) is 16.2. The molecule has 0 saturated heterocycles. The van der Waals surface area contributed by atoms with Crippen molar-refractivity contribution in [2.75, 3.05) is 11.9 Å². The van der Waals surface area contributed by atoms with Crippen LogP contribution in [0.25, 0.3) is 0 Å². The molecule has 0 radical (unpaired) electrons. The molecule has 0 fully saturated rings. The van der Waals surface area contributed by atoms with Crippen LogP contribution in [-0.4, -0.2) is 23.9 Å². The molecule has 1 heterocycles. The Hall–Kier alpha value is -2.14. The summed E-state index contributed by atoms with van der Waals surface area (Å²) in [7, 11) is 0. The van der Waals surface area contributed by atoms with Gasteiger partial charge in [0.15, 0.2) is 11.5 Å². The van der Waals surface area contributed by atoms with Crippen LogP contribution in [0.3, 0.4) is 0 Å². The van der Waals surface area contributed by atoms with Crippen LogP contribution in [0.1, 0.15) is 13.8 Å². The molecule has 3 rings (SSSR count). The highest BCUT2D eigenvalue weighted by molar-refractivity contribution is 8.00. The van der Waals surface area contributed by atoms with E-state index < -0.39 is 6.10 Å². The molecule has 1 atom stereocenters. The van der Waals surface area contributed by atoms with Crippen molar-refractivity contribution >= 4 is 23.4 Å². The average Bonchev–Trinajstić information content (AvgIpc) is 2.55. The second kappa shape index (κ2) is 6.96. The van der Waals surface area contributed by atoms with Crippen LogP contribution < -0.4 is 14.8 Å². The van der Waals surface area contributed by atoms with Crippen LogP contribution in [-0.2, 0) is 4.79 Å². The topological polar surface area (TPSA) is 47.6 Å². The highest BCUT2D eigenvalue weighted by Crippen LogP contribution is 2.32. The third-order valence-corrected chi connectivity index (χ3v) is 4.39. The lowest BCUT2D eigenvalue weighted by atomic mass is 10.2. The fraction of sp³-hybridized carbons (Fsp3) is 0.278. The summed E-state index contributed by atoms with van der Waals surface area (Å²) >= 11 is 1.72. The van der Waals surface area contributed by atoms with Crippen molar-refractivity contribution in [3.8, 4) is 11.5 Å². The van der Waals surface area contributed by atoms with Gasteiger partial charge in [-0.05, 0) is 24.3 Å². The van der Waals surface area contributed by atoms with Gasteiger partial charge in [-0.1, -0.05) is 38.1 Å². The maximum atomic E-state index is 12.5. The van der Waals surface area contributed by atoms with E-state index in [0.717, 1.165) is 10.6 Å². The molecule has 1 aliphatic rings. The first-order valence-electron chi connectivity index (χ1n) is 7.58. The van der Waals surface area contributed by atoms with Gasteiger partial charge in [0.2, 0.25) is 6.10 Å². The van der Waals surface area contributed by atoms with Gasteiger partial charge in [0.05, 0.1) is 5.69 Å². The number of carbonyl (C=O) groups is 1. The Balaban J connectivity index is 1.71. The number of rotatable bonds is 4. The van der Waals surface area contributed by atoms with Crippen molar-refractivity contribution in [2.24, 2.45) is 0 Å². The zero-order chi connectivity index (χ0) is 16.2. The number of hydrogen-bond acceptors (Lipinski definition) is 4. The Bertz CT molecular complexity index is 702. The summed E-state index contributed by atoms with van der Waals surface area (Å²) in [5, 5.41) is 3.39. The molecular weight excluding hydrogens is 310 g/mol. The minimum absolute atomic E-state index is 0.198. The minimum atomic E-state index is -0.651. The molecule has 0 aliphatic carbocycles. The van der Waals surface area contributed by atoms with Gasteiger partial charge >= 0.3 is 0 Å². The third kappa shape index (κ3) is 3.79. The first-order chi connectivity index (χ1) is 11.1. The second-order valence-electron chi connectivity index (χ2n) is 5.52. The number of carbonyl (C=O) groups excluding carboxylic acids is 1. The fourth-order valence-corrected chi connectivity index (χ4v) is 3.20. The predicted molar refractivity (Wildman–Crippen MR) is 92.4 cm³/mol. The fourth-order valence-electron chi connectivity index (χ4n) is 2.29. The molecule has 2 aromatic carbocycles. The van der Waals surface area contributed by atoms with Crippen LogP contribution in [0, 0.1) is 0 Å². The van der Waals surface area contributed by atoms with Crippen LogP contribution in [0.15, 0.2) is 53.4 Å². The van der Waals surface area contributed by atoms with Crippen molar-refractivity contribution in [3.05, 3.63) is 48.5 Å². The highest BCUT2D eigenvalue weighted by atomic mass is 32.2. The average molecular weight is 329 g/mol. The Kier molecular flexibility index (Phi) is 4.76. The maximum absolute atomic E-state index is 12.5. The monoisotopic (exact) mass is 329 g/mol. The van der Waals surface area contributed by atoms with Gasteiger partial charge in [0.1, 0.15) is 6.61 Å². The summed E-state index contributed by atoms with van der Waals surface area (Å²) in [5.41, 5.74) is 0.804. The summed E-state index contributed by atoms with van der Waals surface area (Å²) in [4.78, 5) is 13.5. The largest absolute Gasteiger partial charge is 0.485 e. The Morgan fingerprint density at radius 3 is 2.61 bits per heavy atom. The summed E-state index contributed by atoms with van der Waals surface area (Å²) in [6.45, 7) is 4.46. The van der Waals surface area contributed by atoms with Gasteiger partial charge in [0, 0.05) is 10.1 Å². The summed E-state index contributed by atoms with van der Waals surface area (Å²) in [6, 6.07) is 15.2. The molecule has 1 aliphatic heterocycles. The van der Waals surface area contributed by atoms with E-state index in [9.17, 15) is 4.79 Å². The number of nitrogens with one attached hydrogen (secondary N) is 1. The maximum Gasteiger partial charge on any atom is 0.269 e. The number of hydrogen-bond donors (Lipinski definition) is 1. The second-order valence-corrected chi connectivity index (χ2v) is 7.13. The summed E-state index contributed by atoms with van der Waals surface area (Å²) in [5.74, 6) is 1.08. The van der Waals surface area contributed by atoms with E-state index in [4.69, 9.17) is 9.47 Å². The third-order valence-electron chi connectivity index (χ3n) is 3.31. The van der Waals surface area contributed by atoms with E-state index >= 15 is 0 Å². The van der Waals surface area contributed by atoms with Gasteiger partial charge in [-0.15, -0.1) is 11.8 Å². The standard InChI is InChI=1S/C18H19NO3S/c1-12(2)23-17-10-6-3-7-13(17)19-18(20)16-11-21-14-8-4-5-9-15(14)22-16/h3-10,12,16H,11H2,1-2H3,(H,19,20)/t16-/m1/s1. The lowest BCUT2D eigenvalue weighted by molar-refractivity contribution is -0.125. The molecule has 0 aromatic heterocycles. The van der Waals surface area contributed by atoms with E-state index in [2.05, 4.69) is 19.2 Å². The molecule has 0 saturated carbocycles. The SMILES string of the molecule is CC(C)Sc1ccccc1NC(=O)[C@H]1COc2ccccc2O1. The zero-order valence-electron chi connectivity index (χ0n) is 13.1. The van der Waals surface area contributed by atoms with Gasteiger partial charge in [-0.2, -0.15) is 0 Å². The molecule has 1 N–H and O–H groups in total. The highest BCUT2D eigenvalue weighted by Gasteiger charge is 2.27. The molecule has 1 amide bonds. The van der Waals surface area contributed by atoms with Gasteiger partial charge in [0.25, 0.3) is 5.91 Å². The molecule has 0 spiro atoms. The molecular formula is C18H19NO3S. The summed E-state index contributed by atoms with van der Waals surface area (Å²) < 4.78 is 11.3. The van der Waals surface area contributed by atoms with Crippen molar-refractivity contribution in [1.82, 2.24) is 0 Å². The zero-order valence-corrected chi connectivity index (χ0v) is 13.9. The lowest BCUT2D eigenvalue weighted by Gasteiger charge is -2.25. The quantitative estimate of drug-likeness (QED) is 0.862. The number of para-hydroxylation sites is 3. The number of anilines is 1. The van der Waals surface area contributed by atoms with Crippen LogP contribution in [0.2, 0.25) is 0 Å². The van der Waals surface area contributed by atoms with Crippen LogP contribution in [0.5, 0.6) is 11.5 Å². The molecule has 2 aromatic rings. The van der Waals surface area contributed by atoms with Crippen LogP contribution >= 0.6 is 11.8 Å². The minimum Gasteiger partial charge on any atom is -0.485 e. The van der Waals surface area contributed by atoms with Crippen molar-refractivity contribution < 1.29 is 14.3 Å². The smallest absolute Gasteiger partial charge is 0.269 e. The van der Waals surface area contributed by atoms with Crippen molar-refractivity contribution in [3.63, 3.8) is 0 Å². The number of fused-ring (bicyclic) bond motifs is 1. The van der Waals surface area contributed by atoms with Gasteiger partial charge in [-0.25, -0.2) is 0 Å². The van der Waals surface area contributed by atoms with Gasteiger partial charge < -0.3 is 14.8 Å². The van der Waals surface area contributed by atoms with Crippen molar-refractivity contribution in [2.45, 2.75) is 30.1 Å². The number of amides is 1. The first-order valence-corrected chi connectivity index (χ1v) is 8.46. The Morgan fingerprint density at radius 2 is 1.83 bits per heavy atom. The van der Waals surface area contributed by atoms with E-state index in [1.165, 1.54) is 0 Å². The predicted octanol–water partition coefficient (Wildman–Crippen LogP) is 3.97. The number of benzene rings is 2. The molecule has 4 nitrogen and oxygen atoms in total. The van der Waals surface area contributed by atoms with Crippen molar-refractivity contribution in [1.29, 1.82) is 0 Å². The van der Waals surface area contributed by atoms with Crippen LogP contribution in [0.4, 0.5) is 5.69 Å². The van der Waals surface area contributed by atoms with E-state index in [1.807, 2.05) is 42.5 Å². The van der Waals surface area contributed by atoms with E-state index in [-0.39, 0.29) is 12.5 Å². The van der Waals surface area contributed by atoms with Gasteiger partial charge in [-0.3, -0.25) is 4.79 Å². The molecule has 0 bridgehead atoms. The van der Waals surface area contributed by atoms with E-state index in [0.29, 0.717) is 16.7 Å². The molecule has 0 unspecified atom stereocenters. The number of thioether (sulfide) groups is 1. The number of ether oxygens (including phenoxy) is 2. The molecule has 5 heteroatoms.